The minimum Gasteiger partial charge on any atom is -0.474 e. The van der Waals surface area contributed by atoms with E-state index in [9.17, 15) is 0 Å². The highest BCUT2D eigenvalue weighted by atomic mass is 127. The van der Waals surface area contributed by atoms with Gasteiger partial charge in [0.25, 0.3) is 0 Å². The fourth-order valence-corrected chi connectivity index (χ4v) is 4.80. The van der Waals surface area contributed by atoms with Crippen molar-refractivity contribution in [2.45, 2.75) is 31.4 Å². The molecule has 146 valence electrons. The maximum Gasteiger partial charge on any atom is 0.223 e. The summed E-state index contributed by atoms with van der Waals surface area (Å²) in [6.07, 6.45) is 8.32. The monoisotopic (exact) mass is 500 g/mol. The number of rotatable bonds is 0. The molecule has 2 unspecified atom stereocenters. The molecule has 4 aromatic rings. The third kappa shape index (κ3) is 2.76. The van der Waals surface area contributed by atoms with Crippen LogP contribution in [0.5, 0.6) is 5.88 Å². The number of aromatic nitrogens is 7. The summed E-state index contributed by atoms with van der Waals surface area (Å²) in [7, 11) is 1.88. The Morgan fingerprint density at radius 2 is 2.14 bits per heavy atom. The molecule has 0 radical (unpaired) electrons. The number of halogens is 1. The topological polar surface area (TPSA) is 95.6 Å². The molecule has 29 heavy (non-hydrogen) atoms. The molecule has 9 nitrogen and oxygen atoms in total. The normalized spacial score (nSPS) is 20.2. The van der Waals surface area contributed by atoms with Gasteiger partial charge in [-0.25, -0.2) is 19.6 Å². The summed E-state index contributed by atoms with van der Waals surface area (Å²) in [5.41, 5.74) is 1.86. The molecule has 6 bridgehead atoms. The third-order valence-corrected chi connectivity index (χ3v) is 6.36. The predicted molar refractivity (Wildman–Crippen MR) is 115 cm³/mol. The second-order valence-corrected chi connectivity index (χ2v) is 8.43. The standard InChI is InChI=1S/C19H17IN8O/c1-27-19-13(9-23-27)18-21-5-4-15(25-18)24-16-7-14-12(8-22-16)17(20)26-28(14)10-2-3-11(6-10)29-19/h4-5,7-11H,2-3,6H2,1H3,(H,21,22,24,25). The van der Waals surface area contributed by atoms with Gasteiger partial charge in [-0.1, -0.05) is 0 Å². The van der Waals surface area contributed by atoms with E-state index in [-0.39, 0.29) is 12.1 Å². The van der Waals surface area contributed by atoms with Crippen LogP contribution >= 0.6 is 22.6 Å². The number of nitrogens with zero attached hydrogens (tertiary/aromatic N) is 7. The van der Waals surface area contributed by atoms with Gasteiger partial charge in [0, 0.05) is 31.9 Å². The van der Waals surface area contributed by atoms with Crippen LogP contribution in [0.4, 0.5) is 11.6 Å². The molecule has 1 aliphatic heterocycles. The lowest BCUT2D eigenvalue weighted by Crippen LogP contribution is -2.16. The number of anilines is 2. The quantitative estimate of drug-likeness (QED) is 0.370. The summed E-state index contributed by atoms with van der Waals surface area (Å²) in [6.45, 7) is 0. The lowest BCUT2D eigenvalue weighted by molar-refractivity contribution is 0.187. The van der Waals surface area contributed by atoms with E-state index < -0.39 is 0 Å². The molecule has 2 atom stereocenters. The highest BCUT2D eigenvalue weighted by Crippen LogP contribution is 2.38. The lowest BCUT2D eigenvalue weighted by atomic mass is 10.2. The van der Waals surface area contributed by atoms with Crippen molar-refractivity contribution in [2.75, 3.05) is 5.32 Å². The Labute approximate surface area is 179 Å². The van der Waals surface area contributed by atoms with E-state index in [0.29, 0.717) is 17.5 Å². The Hall–Kier alpha value is -2.76. The molecule has 4 aromatic heterocycles. The van der Waals surface area contributed by atoms with Gasteiger partial charge in [-0.15, -0.1) is 0 Å². The zero-order chi connectivity index (χ0) is 19.5. The minimum absolute atomic E-state index is 0.0941. The van der Waals surface area contributed by atoms with Crippen LogP contribution in [0.15, 0.2) is 30.7 Å². The van der Waals surface area contributed by atoms with E-state index in [2.05, 4.69) is 52.6 Å². The molecule has 0 saturated heterocycles. The molecule has 6 rings (SSSR count). The Bertz CT molecular complexity index is 1250. The summed E-state index contributed by atoms with van der Waals surface area (Å²) in [5, 5.41) is 13.6. The fourth-order valence-electron chi connectivity index (χ4n) is 4.16. The minimum atomic E-state index is 0.0941. The second kappa shape index (κ2) is 6.37. The van der Waals surface area contributed by atoms with Crippen molar-refractivity contribution in [1.82, 2.24) is 34.5 Å². The van der Waals surface area contributed by atoms with Gasteiger partial charge in [-0.05, 0) is 41.5 Å². The van der Waals surface area contributed by atoms with E-state index in [1.54, 1.807) is 17.1 Å². The van der Waals surface area contributed by atoms with Crippen molar-refractivity contribution in [3.63, 3.8) is 0 Å². The Morgan fingerprint density at radius 3 is 3.07 bits per heavy atom. The fraction of sp³-hybridized carbons (Fsp3) is 0.316. The van der Waals surface area contributed by atoms with Crippen molar-refractivity contribution >= 4 is 45.1 Å². The smallest absolute Gasteiger partial charge is 0.223 e. The summed E-state index contributed by atoms with van der Waals surface area (Å²) in [5.74, 6) is 2.67. The van der Waals surface area contributed by atoms with Gasteiger partial charge in [0.05, 0.1) is 23.1 Å². The summed E-state index contributed by atoms with van der Waals surface area (Å²) in [6, 6.07) is 4.15. The van der Waals surface area contributed by atoms with Gasteiger partial charge in [0.2, 0.25) is 5.88 Å². The van der Waals surface area contributed by atoms with E-state index in [1.165, 1.54) is 0 Å². The molecule has 0 amide bonds. The molecular formula is C19H17IN8O. The van der Waals surface area contributed by atoms with Crippen LogP contribution in [0.3, 0.4) is 0 Å². The van der Waals surface area contributed by atoms with Crippen LogP contribution in [-0.4, -0.2) is 40.6 Å². The molecule has 0 aromatic carbocycles. The number of hydrogen-bond donors (Lipinski definition) is 1. The zero-order valence-electron chi connectivity index (χ0n) is 15.6. The van der Waals surface area contributed by atoms with Crippen LogP contribution in [-0.2, 0) is 7.05 Å². The molecule has 0 spiro atoms. The lowest BCUT2D eigenvalue weighted by Gasteiger charge is -2.17. The number of pyridine rings is 1. The van der Waals surface area contributed by atoms with Gasteiger partial charge in [-0.2, -0.15) is 10.2 Å². The van der Waals surface area contributed by atoms with Crippen molar-refractivity contribution in [2.24, 2.45) is 7.05 Å². The molecular weight excluding hydrogens is 483 g/mol. The van der Waals surface area contributed by atoms with E-state index in [1.807, 2.05) is 25.4 Å². The van der Waals surface area contributed by atoms with Crippen molar-refractivity contribution in [3.05, 3.63) is 34.4 Å². The molecule has 1 aliphatic carbocycles. The molecule has 5 heterocycles. The van der Waals surface area contributed by atoms with E-state index in [0.717, 1.165) is 45.2 Å². The predicted octanol–water partition coefficient (Wildman–Crippen LogP) is 3.46. The first-order valence-electron chi connectivity index (χ1n) is 9.48. The molecule has 10 heteroatoms. The maximum atomic E-state index is 6.40. The average Bonchev–Trinajstić information content (AvgIpc) is 3.41. The molecule has 1 saturated carbocycles. The first-order chi connectivity index (χ1) is 14.2. The number of hydrogen-bond acceptors (Lipinski definition) is 7. The number of nitrogens with one attached hydrogen (secondary N) is 1. The summed E-state index contributed by atoms with van der Waals surface area (Å²) >= 11 is 2.28. The van der Waals surface area contributed by atoms with Crippen LogP contribution in [0.2, 0.25) is 0 Å². The summed E-state index contributed by atoms with van der Waals surface area (Å²) < 4.78 is 11.2. The maximum absolute atomic E-state index is 6.40. The van der Waals surface area contributed by atoms with Gasteiger partial charge in [-0.3, -0.25) is 4.68 Å². The highest BCUT2D eigenvalue weighted by Gasteiger charge is 2.31. The Kier molecular flexibility index (Phi) is 3.76. The average molecular weight is 500 g/mol. The number of ether oxygens (including phenoxy) is 1. The first-order valence-corrected chi connectivity index (χ1v) is 10.6. The van der Waals surface area contributed by atoms with Gasteiger partial charge in [0.15, 0.2) is 5.82 Å². The summed E-state index contributed by atoms with van der Waals surface area (Å²) in [4.78, 5) is 13.7. The Morgan fingerprint density at radius 1 is 1.21 bits per heavy atom. The van der Waals surface area contributed by atoms with Crippen LogP contribution in [0, 0.1) is 3.70 Å². The van der Waals surface area contributed by atoms with Crippen molar-refractivity contribution in [1.29, 1.82) is 0 Å². The number of fused-ring (bicyclic) bond motifs is 8. The SMILES string of the molecule is Cn1ncc2c1OC1CCC(C1)n1nc(I)c3cnc(cc31)Nc1ccnc-2n1. The van der Waals surface area contributed by atoms with Crippen LogP contribution in [0.25, 0.3) is 22.3 Å². The first kappa shape index (κ1) is 17.1. The largest absolute Gasteiger partial charge is 0.474 e. The van der Waals surface area contributed by atoms with Gasteiger partial charge < -0.3 is 10.1 Å². The van der Waals surface area contributed by atoms with E-state index in [4.69, 9.17) is 9.84 Å². The molecule has 1 N–H and O–H groups in total. The molecule has 2 aliphatic rings. The molecule has 1 fully saturated rings. The van der Waals surface area contributed by atoms with Crippen molar-refractivity contribution in [3.8, 4) is 17.3 Å². The van der Waals surface area contributed by atoms with E-state index >= 15 is 0 Å². The number of aryl methyl sites for hydroxylation is 1. The van der Waals surface area contributed by atoms with Crippen LogP contribution in [0.1, 0.15) is 25.3 Å². The second-order valence-electron chi connectivity index (χ2n) is 7.41. The Balaban J connectivity index is 1.55. The van der Waals surface area contributed by atoms with Gasteiger partial charge >= 0.3 is 0 Å². The third-order valence-electron chi connectivity index (χ3n) is 5.56. The van der Waals surface area contributed by atoms with Crippen molar-refractivity contribution < 1.29 is 4.74 Å². The highest BCUT2D eigenvalue weighted by molar-refractivity contribution is 14.1. The van der Waals surface area contributed by atoms with Gasteiger partial charge in [0.1, 0.15) is 27.0 Å². The zero-order valence-corrected chi connectivity index (χ0v) is 17.7. The van der Waals surface area contributed by atoms with Crippen LogP contribution < -0.4 is 10.1 Å².